The number of nitro groups is 1. The molecule has 0 aromatic heterocycles. The molecule has 1 amide bonds. The van der Waals surface area contributed by atoms with Crippen LogP contribution in [0.5, 0.6) is 5.75 Å². The van der Waals surface area contributed by atoms with Crippen molar-refractivity contribution < 1.29 is 19.2 Å². The van der Waals surface area contributed by atoms with E-state index in [1.54, 1.807) is 18.2 Å². The van der Waals surface area contributed by atoms with E-state index >= 15 is 0 Å². The van der Waals surface area contributed by atoms with Crippen molar-refractivity contribution in [3.8, 4) is 5.75 Å². The Morgan fingerprint density at radius 2 is 1.88 bits per heavy atom. The van der Waals surface area contributed by atoms with Crippen LogP contribution in [0.15, 0.2) is 53.4 Å². The average molecular weight is 386 g/mol. The van der Waals surface area contributed by atoms with Crippen LogP contribution in [0.3, 0.4) is 0 Å². The lowest BCUT2D eigenvalue weighted by Crippen LogP contribution is -2.17. The number of para-hydroxylation sites is 1. The van der Waals surface area contributed by atoms with Crippen LogP contribution in [0.4, 0.5) is 5.69 Å². The van der Waals surface area contributed by atoms with Crippen molar-refractivity contribution in [2.45, 2.75) is 0 Å². The summed E-state index contributed by atoms with van der Waals surface area (Å²) in [5.74, 6) is -0.847. The normalized spacial score (nSPS) is 15.0. The fourth-order valence-corrected chi connectivity index (χ4v) is 3.22. The van der Waals surface area contributed by atoms with Crippen LogP contribution in [0.1, 0.15) is 15.9 Å². The molecule has 9 heteroatoms. The molecule has 1 aliphatic rings. The summed E-state index contributed by atoms with van der Waals surface area (Å²) in [6, 6.07) is 11.9. The van der Waals surface area contributed by atoms with E-state index in [2.05, 4.69) is 5.32 Å². The van der Waals surface area contributed by atoms with E-state index in [1.165, 1.54) is 48.2 Å². The number of carbonyl (C=O) groups is 2. The second kappa shape index (κ2) is 7.46. The number of nitrogens with one attached hydrogen (secondary N) is 1. The third-order valence-electron chi connectivity index (χ3n) is 3.35. The molecular weight excluding hydrogens is 376 g/mol. The highest BCUT2D eigenvalue weighted by atomic mass is 32.2. The molecule has 1 aliphatic heterocycles. The lowest BCUT2D eigenvalue weighted by Gasteiger charge is -2.05. The number of nitro benzene ring substituents is 1. The van der Waals surface area contributed by atoms with Crippen LogP contribution >= 0.6 is 24.0 Å². The van der Waals surface area contributed by atoms with Crippen molar-refractivity contribution in [1.29, 1.82) is 0 Å². The molecule has 2 aromatic rings. The summed E-state index contributed by atoms with van der Waals surface area (Å²) in [7, 11) is 0. The number of benzene rings is 2. The molecule has 0 aliphatic carbocycles. The van der Waals surface area contributed by atoms with Gasteiger partial charge in [0.25, 0.3) is 11.6 Å². The third kappa shape index (κ3) is 3.95. The van der Waals surface area contributed by atoms with Crippen molar-refractivity contribution in [1.82, 2.24) is 5.32 Å². The van der Waals surface area contributed by atoms with Gasteiger partial charge in [0, 0.05) is 6.07 Å². The standard InChI is InChI=1S/C17H10N2O5S2/c20-15-14(26-17(25)18-15)9-10-5-7-11(8-6-10)24-16(21)12-3-1-2-4-13(12)19(22)23/h1-9H,(H,18,20,25)/b14-9-. The number of carbonyl (C=O) groups excluding carboxylic acids is 2. The van der Waals surface area contributed by atoms with Gasteiger partial charge in [-0.1, -0.05) is 48.2 Å². The summed E-state index contributed by atoms with van der Waals surface area (Å²) in [5, 5.41) is 13.5. The lowest BCUT2D eigenvalue weighted by molar-refractivity contribution is -0.385. The number of hydrogen-bond donors (Lipinski definition) is 1. The van der Waals surface area contributed by atoms with Crippen LogP contribution in [-0.4, -0.2) is 21.1 Å². The molecule has 1 saturated heterocycles. The van der Waals surface area contributed by atoms with Crippen LogP contribution in [0.25, 0.3) is 6.08 Å². The average Bonchev–Trinajstić information content (AvgIpc) is 2.93. The monoisotopic (exact) mass is 386 g/mol. The van der Waals surface area contributed by atoms with Gasteiger partial charge < -0.3 is 10.1 Å². The van der Waals surface area contributed by atoms with Gasteiger partial charge in [0.15, 0.2) is 0 Å². The highest BCUT2D eigenvalue weighted by Gasteiger charge is 2.22. The molecule has 0 radical (unpaired) electrons. The van der Waals surface area contributed by atoms with Gasteiger partial charge in [0.05, 0.1) is 9.83 Å². The van der Waals surface area contributed by atoms with Gasteiger partial charge in [-0.2, -0.15) is 0 Å². The Labute approximate surface area is 157 Å². The van der Waals surface area contributed by atoms with E-state index < -0.39 is 10.9 Å². The van der Waals surface area contributed by atoms with Crippen molar-refractivity contribution in [2.75, 3.05) is 0 Å². The first kappa shape index (κ1) is 17.8. The van der Waals surface area contributed by atoms with Crippen molar-refractivity contribution in [3.05, 3.63) is 74.7 Å². The highest BCUT2D eigenvalue weighted by Crippen LogP contribution is 2.27. The molecule has 7 nitrogen and oxygen atoms in total. The topological polar surface area (TPSA) is 98.5 Å². The SMILES string of the molecule is O=C1NC(=S)S/C1=C\c1ccc(OC(=O)c2ccccc2[N+](=O)[O-])cc1. The fraction of sp³-hybridized carbons (Fsp3) is 0. The maximum Gasteiger partial charge on any atom is 0.350 e. The predicted octanol–water partition coefficient (Wildman–Crippen LogP) is 3.30. The number of esters is 1. The van der Waals surface area contributed by atoms with Crippen LogP contribution < -0.4 is 10.1 Å². The molecule has 1 heterocycles. The second-order valence-electron chi connectivity index (χ2n) is 5.09. The quantitative estimate of drug-likeness (QED) is 0.215. The molecule has 0 spiro atoms. The van der Waals surface area contributed by atoms with Crippen molar-refractivity contribution in [2.24, 2.45) is 0 Å². The summed E-state index contributed by atoms with van der Waals surface area (Å²) >= 11 is 6.09. The van der Waals surface area contributed by atoms with Gasteiger partial charge in [-0.25, -0.2) is 4.79 Å². The highest BCUT2D eigenvalue weighted by molar-refractivity contribution is 8.26. The number of ether oxygens (including phenoxy) is 1. The number of rotatable bonds is 4. The summed E-state index contributed by atoms with van der Waals surface area (Å²) in [6.07, 6.45) is 1.66. The Morgan fingerprint density at radius 3 is 2.50 bits per heavy atom. The lowest BCUT2D eigenvalue weighted by atomic mass is 10.2. The molecule has 3 rings (SSSR count). The molecule has 26 heavy (non-hydrogen) atoms. The van der Waals surface area contributed by atoms with Gasteiger partial charge in [0.2, 0.25) is 0 Å². The largest absolute Gasteiger partial charge is 0.423 e. The first-order chi connectivity index (χ1) is 12.4. The Bertz CT molecular complexity index is 954. The Kier molecular flexibility index (Phi) is 5.10. The Hall–Kier alpha value is -3.04. The van der Waals surface area contributed by atoms with E-state index in [9.17, 15) is 19.7 Å². The van der Waals surface area contributed by atoms with Crippen molar-refractivity contribution in [3.63, 3.8) is 0 Å². The number of amides is 1. The summed E-state index contributed by atoms with van der Waals surface area (Å²) < 4.78 is 5.58. The van der Waals surface area contributed by atoms with Crippen LogP contribution in [0, 0.1) is 10.1 Å². The van der Waals surface area contributed by atoms with Crippen LogP contribution in [-0.2, 0) is 4.79 Å². The molecule has 0 saturated carbocycles. The Morgan fingerprint density at radius 1 is 1.19 bits per heavy atom. The Balaban J connectivity index is 1.75. The number of thiocarbonyl (C=S) groups is 1. The minimum absolute atomic E-state index is 0.128. The van der Waals surface area contributed by atoms with E-state index in [0.29, 0.717) is 9.23 Å². The minimum atomic E-state index is -0.820. The predicted molar refractivity (Wildman–Crippen MR) is 101 cm³/mol. The minimum Gasteiger partial charge on any atom is -0.423 e. The van der Waals surface area contributed by atoms with Gasteiger partial charge in [-0.15, -0.1) is 0 Å². The second-order valence-corrected chi connectivity index (χ2v) is 6.80. The van der Waals surface area contributed by atoms with E-state index in [1.807, 2.05) is 0 Å². The molecule has 130 valence electrons. The van der Waals surface area contributed by atoms with Gasteiger partial charge in [0.1, 0.15) is 15.6 Å². The first-order valence-electron chi connectivity index (χ1n) is 7.24. The zero-order chi connectivity index (χ0) is 18.7. The molecule has 0 bridgehead atoms. The molecule has 1 fully saturated rings. The maximum absolute atomic E-state index is 12.2. The third-order valence-corrected chi connectivity index (χ3v) is 4.51. The summed E-state index contributed by atoms with van der Waals surface area (Å²) in [6.45, 7) is 0. The van der Waals surface area contributed by atoms with E-state index in [0.717, 1.165) is 5.56 Å². The maximum atomic E-state index is 12.2. The molecule has 0 unspecified atom stereocenters. The number of hydrogen-bond acceptors (Lipinski definition) is 7. The fourth-order valence-electron chi connectivity index (χ4n) is 2.17. The van der Waals surface area contributed by atoms with Crippen molar-refractivity contribution >= 4 is 51.9 Å². The molecule has 2 aromatic carbocycles. The summed E-state index contributed by atoms with van der Waals surface area (Å²) in [4.78, 5) is 34.6. The van der Waals surface area contributed by atoms with E-state index in [-0.39, 0.29) is 22.9 Å². The number of thioether (sulfide) groups is 1. The van der Waals surface area contributed by atoms with E-state index in [4.69, 9.17) is 17.0 Å². The van der Waals surface area contributed by atoms with Gasteiger partial charge in [-0.3, -0.25) is 14.9 Å². The zero-order valence-corrected chi connectivity index (χ0v) is 14.6. The summed E-state index contributed by atoms with van der Waals surface area (Å²) in [5.41, 5.74) is 0.271. The zero-order valence-electron chi connectivity index (χ0n) is 13.0. The van der Waals surface area contributed by atoms with Gasteiger partial charge in [-0.05, 0) is 29.8 Å². The first-order valence-corrected chi connectivity index (χ1v) is 8.47. The number of nitrogens with zero attached hydrogens (tertiary/aromatic N) is 1. The molecular formula is C17H10N2O5S2. The van der Waals surface area contributed by atoms with Gasteiger partial charge >= 0.3 is 5.97 Å². The smallest absolute Gasteiger partial charge is 0.350 e. The molecule has 1 N–H and O–H groups in total. The molecule has 0 atom stereocenters. The van der Waals surface area contributed by atoms with Crippen LogP contribution in [0.2, 0.25) is 0 Å².